The van der Waals surface area contributed by atoms with Crippen LogP contribution in [0.5, 0.6) is 0 Å². The molecule has 0 bridgehead atoms. The quantitative estimate of drug-likeness (QED) is 0.356. The van der Waals surface area contributed by atoms with Crippen LogP contribution in [0.1, 0.15) is 13.8 Å². The Bertz CT molecular complexity index is 183. The molecule has 0 aliphatic heterocycles. The third kappa shape index (κ3) is 4.49. The molecule has 12 heavy (non-hydrogen) atoms. The topological polar surface area (TPSA) is 52.6 Å². The second-order valence-corrected chi connectivity index (χ2v) is 2.34. The van der Waals surface area contributed by atoms with Crippen LogP contribution in [-0.2, 0) is 19.1 Å². The van der Waals surface area contributed by atoms with Crippen molar-refractivity contribution in [2.75, 3.05) is 6.61 Å². The number of hydrogen-bond acceptors (Lipinski definition) is 4. The van der Waals surface area contributed by atoms with E-state index in [4.69, 9.17) is 0 Å². The maximum Gasteiger partial charge on any atom is 0.417 e. The Morgan fingerprint density at radius 1 is 1.42 bits per heavy atom. The minimum Gasteiger partial charge on any atom is -0.455 e. The van der Waals surface area contributed by atoms with Crippen LogP contribution < -0.4 is 0 Å². The van der Waals surface area contributed by atoms with Gasteiger partial charge in [0.1, 0.15) is 6.61 Å². The zero-order valence-corrected chi connectivity index (χ0v) is 7.20. The van der Waals surface area contributed by atoms with Gasteiger partial charge in [-0.25, -0.2) is 9.59 Å². The van der Waals surface area contributed by atoms with Crippen molar-refractivity contribution in [3.63, 3.8) is 0 Å². The zero-order chi connectivity index (χ0) is 9.56. The molecule has 68 valence electrons. The van der Waals surface area contributed by atoms with Gasteiger partial charge in [-0.05, 0) is 13.8 Å². The van der Waals surface area contributed by atoms with Crippen molar-refractivity contribution >= 4 is 11.9 Å². The van der Waals surface area contributed by atoms with Crippen LogP contribution in [0.4, 0.5) is 0 Å². The van der Waals surface area contributed by atoms with E-state index in [1.165, 1.54) is 6.08 Å². The van der Waals surface area contributed by atoms with Gasteiger partial charge in [-0.3, -0.25) is 0 Å². The smallest absolute Gasteiger partial charge is 0.417 e. The van der Waals surface area contributed by atoms with Crippen LogP contribution >= 0.6 is 0 Å². The number of esters is 2. The molecule has 0 amide bonds. The standard InChI is InChI=1S/C8H12O4/c1-4-5-11-7(9)8(10)12-6(2)3/h4,6H,1,5H2,2-3H3. The number of ether oxygens (including phenoxy) is 2. The number of carbonyl (C=O) groups excluding carboxylic acids is 2. The zero-order valence-electron chi connectivity index (χ0n) is 7.20. The van der Waals surface area contributed by atoms with E-state index in [1.54, 1.807) is 13.8 Å². The highest BCUT2D eigenvalue weighted by molar-refractivity contribution is 6.29. The van der Waals surface area contributed by atoms with Crippen LogP contribution in [0.25, 0.3) is 0 Å². The maximum absolute atomic E-state index is 10.7. The van der Waals surface area contributed by atoms with Crippen LogP contribution in [0.2, 0.25) is 0 Å². The van der Waals surface area contributed by atoms with Crippen LogP contribution in [-0.4, -0.2) is 24.6 Å². The van der Waals surface area contributed by atoms with Crippen LogP contribution in [0.3, 0.4) is 0 Å². The fourth-order valence-corrected chi connectivity index (χ4v) is 0.456. The monoisotopic (exact) mass is 172 g/mol. The molecule has 0 fully saturated rings. The van der Waals surface area contributed by atoms with Gasteiger partial charge in [0.2, 0.25) is 0 Å². The van der Waals surface area contributed by atoms with Gasteiger partial charge < -0.3 is 9.47 Å². The third-order valence-corrected chi connectivity index (χ3v) is 0.842. The summed E-state index contributed by atoms with van der Waals surface area (Å²) in [4.78, 5) is 21.4. The molecule has 0 saturated heterocycles. The lowest BCUT2D eigenvalue weighted by atomic mass is 10.5. The van der Waals surface area contributed by atoms with Gasteiger partial charge in [0, 0.05) is 0 Å². The van der Waals surface area contributed by atoms with Gasteiger partial charge in [0.05, 0.1) is 6.10 Å². The van der Waals surface area contributed by atoms with Crippen molar-refractivity contribution in [3.05, 3.63) is 12.7 Å². The van der Waals surface area contributed by atoms with Gasteiger partial charge in [-0.2, -0.15) is 0 Å². The summed E-state index contributed by atoms with van der Waals surface area (Å²) in [7, 11) is 0. The van der Waals surface area contributed by atoms with Crippen molar-refractivity contribution in [3.8, 4) is 0 Å². The SMILES string of the molecule is C=CCOC(=O)C(=O)OC(C)C. The summed E-state index contributed by atoms with van der Waals surface area (Å²) in [5.41, 5.74) is 0. The molecule has 4 heteroatoms. The minimum absolute atomic E-state index is 0.0199. The summed E-state index contributed by atoms with van der Waals surface area (Å²) in [6.45, 7) is 6.65. The van der Waals surface area contributed by atoms with Crippen LogP contribution in [0, 0.1) is 0 Å². The normalized spacial score (nSPS) is 9.25. The molecule has 0 radical (unpaired) electrons. The second-order valence-electron chi connectivity index (χ2n) is 2.34. The van der Waals surface area contributed by atoms with Crippen molar-refractivity contribution in [2.24, 2.45) is 0 Å². The summed E-state index contributed by atoms with van der Waals surface area (Å²) >= 11 is 0. The average molecular weight is 172 g/mol. The molecule has 0 aliphatic carbocycles. The van der Waals surface area contributed by atoms with Crippen LogP contribution in [0.15, 0.2) is 12.7 Å². The first-order valence-corrected chi connectivity index (χ1v) is 3.56. The maximum atomic E-state index is 10.7. The van der Waals surface area contributed by atoms with Crippen molar-refractivity contribution in [1.29, 1.82) is 0 Å². The molecule has 0 heterocycles. The predicted octanol–water partition coefficient (Wildman–Crippen LogP) is 0.667. The second kappa shape index (κ2) is 5.35. The van der Waals surface area contributed by atoms with Gasteiger partial charge in [-0.1, -0.05) is 12.7 Å². The Kier molecular flexibility index (Phi) is 4.76. The molecule has 0 aromatic heterocycles. The summed E-state index contributed by atoms with van der Waals surface area (Å²) < 4.78 is 8.98. The largest absolute Gasteiger partial charge is 0.455 e. The molecule has 0 atom stereocenters. The number of hydrogen-bond donors (Lipinski definition) is 0. The predicted molar refractivity (Wildman–Crippen MR) is 42.4 cm³/mol. The molecule has 0 spiro atoms. The van der Waals surface area contributed by atoms with Crippen molar-refractivity contribution in [2.45, 2.75) is 20.0 Å². The Morgan fingerprint density at radius 2 is 2.00 bits per heavy atom. The Morgan fingerprint density at radius 3 is 2.42 bits per heavy atom. The third-order valence-electron chi connectivity index (χ3n) is 0.842. The lowest BCUT2D eigenvalue weighted by Gasteiger charge is -2.05. The number of carbonyl (C=O) groups is 2. The first kappa shape index (κ1) is 10.7. The molecule has 0 N–H and O–H groups in total. The number of rotatable bonds is 3. The molecule has 4 nitrogen and oxygen atoms in total. The molecule has 0 aromatic rings. The molecule has 0 unspecified atom stereocenters. The van der Waals surface area contributed by atoms with E-state index in [2.05, 4.69) is 16.1 Å². The molecule has 0 aromatic carbocycles. The Hall–Kier alpha value is -1.32. The molecule has 0 aliphatic rings. The Labute approximate surface area is 71.2 Å². The minimum atomic E-state index is -0.983. The van der Waals surface area contributed by atoms with E-state index >= 15 is 0 Å². The highest BCUT2D eigenvalue weighted by Gasteiger charge is 2.17. The molecular weight excluding hydrogens is 160 g/mol. The van der Waals surface area contributed by atoms with E-state index in [-0.39, 0.29) is 12.7 Å². The summed E-state index contributed by atoms with van der Waals surface area (Å²) in [6.07, 6.45) is 1.06. The highest BCUT2D eigenvalue weighted by Crippen LogP contribution is 1.91. The van der Waals surface area contributed by atoms with E-state index in [0.717, 1.165) is 0 Å². The van der Waals surface area contributed by atoms with Gasteiger partial charge in [0.25, 0.3) is 0 Å². The van der Waals surface area contributed by atoms with E-state index in [0.29, 0.717) is 0 Å². The fourth-order valence-electron chi connectivity index (χ4n) is 0.456. The van der Waals surface area contributed by atoms with Crippen molar-refractivity contribution < 1.29 is 19.1 Å². The Balaban J connectivity index is 3.77. The van der Waals surface area contributed by atoms with E-state index in [9.17, 15) is 9.59 Å². The van der Waals surface area contributed by atoms with E-state index in [1.807, 2.05) is 0 Å². The van der Waals surface area contributed by atoms with Gasteiger partial charge in [-0.15, -0.1) is 0 Å². The molecule has 0 saturated carbocycles. The summed E-state index contributed by atoms with van der Waals surface area (Å²) in [5, 5.41) is 0. The first-order chi connectivity index (χ1) is 5.57. The lowest BCUT2D eigenvalue weighted by Crippen LogP contribution is -2.23. The molecule has 0 rings (SSSR count). The first-order valence-electron chi connectivity index (χ1n) is 3.56. The van der Waals surface area contributed by atoms with Gasteiger partial charge >= 0.3 is 11.9 Å². The van der Waals surface area contributed by atoms with Crippen molar-refractivity contribution in [1.82, 2.24) is 0 Å². The van der Waals surface area contributed by atoms with E-state index < -0.39 is 11.9 Å². The lowest BCUT2D eigenvalue weighted by molar-refractivity contribution is -0.169. The molecular formula is C8H12O4. The fraction of sp³-hybridized carbons (Fsp3) is 0.500. The average Bonchev–Trinajstić information content (AvgIpc) is 1.98. The highest BCUT2D eigenvalue weighted by atomic mass is 16.6. The summed E-state index contributed by atoms with van der Waals surface area (Å²) in [6, 6.07) is 0. The van der Waals surface area contributed by atoms with Gasteiger partial charge in [0.15, 0.2) is 0 Å². The summed E-state index contributed by atoms with van der Waals surface area (Å²) in [5.74, 6) is -1.95.